The van der Waals surface area contributed by atoms with Gasteiger partial charge < -0.3 is 19.7 Å². The normalized spacial score (nSPS) is 21.1. The van der Waals surface area contributed by atoms with E-state index in [0.29, 0.717) is 24.5 Å². The number of urea groups is 1. The molecule has 1 fully saturated rings. The number of nitrogens with one attached hydrogen (secondary N) is 2. The quantitative estimate of drug-likeness (QED) is 0.880. The Kier molecular flexibility index (Phi) is 5.21. The zero-order valence-electron chi connectivity index (χ0n) is 13.0. The van der Waals surface area contributed by atoms with Crippen molar-refractivity contribution in [2.75, 3.05) is 30.8 Å². The number of methoxy groups -OCH3 is 1. The summed E-state index contributed by atoms with van der Waals surface area (Å²) in [6.07, 6.45) is -0.525. The number of benzene rings is 1. The van der Waals surface area contributed by atoms with Crippen molar-refractivity contribution in [3.63, 3.8) is 0 Å². The summed E-state index contributed by atoms with van der Waals surface area (Å²) in [6.45, 7) is 4.99. The van der Waals surface area contributed by atoms with Gasteiger partial charge in [-0.3, -0.25) is 5.32 Å². The summed E-state index contributed by atoms with van der Waals surface area (Å²) in [5.41, 5.74) is 1.15. The van der Waals surface area contributed by atoms with Gasteiger partial charge in [0, 0.05) is 24.5 Å². The molecule has 1 aromatic carbocycles. The molecule has 0 bridgehead atoms. The van der Waals surface area contributed by atoms with Crippen molar-refractivity contribution in [2.24, 2.45) is 0 Å². The van der Waals surface area contributed by atoms with Crippen LogP contribution in [0.25, 0.3) is 0 Å². The van der Waals surface area contributed by atoms with Gasteiger partial charge in [-0.2, -0.15) is 0 Å². The highest BCUT2D eigenvalue weighted by Crippen LogP contribution is 2.17. The van der Waals surface area contributed by atoms with E-state index in [1.165, 1.54) is 7.11 Å². The molecule has 2 unspecified atom stereocenters. The minimum atomic E-state index is -0.556. The third-order valence-electron chi connectivity index (χ3n) is 3.25. The van der Waals surface area contributed by atoms with E-state index in [1.54, 1.807) is 29.2 Å². The third-order valence-corrected chi connectivity index (χ3v) is 3.25. The second kappa shape index (κ2) is 7.13. The predicted molar refractivity (Wildman–Crippen MR) is 83.1 cm³/mol. The van der Waals surface area contributed by atoms with E-state index in [-0.39, 0.29) is 18.2 Å². The number of carbonyl (C=O) groups excluding carboxylic acids is 2. The number of hydrogen-bond donors (Lipinski definition) is 2. The summed E-state index contributed by atoms with van der Waals surface area (Å²) in [5, 5.41) is 5.38. The number of nitrogens with zero attached hydrogens (tertiary/aromatic N) is 1. The van der Waals surface area contributed by atoms with Crippen LogP contribution in [0.15, 0.2) is 24.3 Å². The molecule has 3 amide bonds. The molecule has 2 N–H and O–H groups in total. The van der Waals surface area contributed by atoms with Crippen LogP contribution in [-0.4, -0.2) is 49.4 Å². The van der Waals surface area contributed by atoms with E-state index >= 15 is 0 Å². The Hall–Kier alpha value is -2.28. The van der Waals surface area contributed by atoms with Gasteiger partial charge >= 0.3 is 12.1 Å². The topological polar surface area (TPSA) is 79.9 Å². The first-order valence-corrected chi connectivity index (χ1v) is 7.14. The summed E-state index contributed by atoms with van der Waals surface area (Å²) >= 11 is 0. The maximum Gasteiger partial charge on any atom is 0.411 e. The predicted octanol–water partition coefficient (Wildman–Crippen LogP) is 2.51. The van der Waals surface area contributed by atoms with Crippen molar-refractivity contribution in [1.29, 1.82) is 0 Å². The molecule has 1 aliphatic heterocycles. The lowest BCUT2D eigenvalue weighted by Crippen LogP contribution is -2.49. The molecule has 7 nitrogen and oxygen atoms in total. The van der Waals surface area contributed by atoms with Crippen molar-refractivity contribution in [1.82, 2.24) is 4.90 Å². The van der Waals surface area contributed by atoms with Crippen molar-refractivity contribution in [2.45, 2.75) is 26.1 Å². The summed E-state index contributed by atoms with van der Waals surface area (Å²) in [7, 11) is 1.29. The fourth-order valence-corrected chi connectivity index (χ4v) is 2.39. The molecule has 0 aromatic heterocycles. The maximum absolute atomic E-state index is 12.3. The van der Waals surface area contributed by atoms with Crippen LogP contribution in [0.3, 0.4) is 0 Å². The first-order chi connectivity index (χ1) is 10.5. The van der Waals surface area contributed by atoms with Gasteiger partial charge in [0.05, 0.1) is 19.3 Å². The minimum absolute atomic E-state index is 0.0156. The Balaban J connectivity index is 1.99. The van der Waals surface area contributed by atoms with Crippen LogP contribution in [0, 0.1) is 0 Å². The summed E-state index contributed by atoms with van der Waals surface area (Å²) in [4.78, 5) is 25.2. The van der Waals surface area contributed by atoms with Crippen molar-refractivity contribution < 1.29 is 19.1 Å². The number of carbonyl (C=O) groups is 2. The highest BCUT2D eigenvalue weighted by Gasteiger charge is 2.25. The Labute approximate surface area is 129 Å². The molecule has 1 heterocycles. The van der Waals surface area contributed by atoms with Crippen molar-refractivity contribution in [3.05, 3.63) is 24.3 Å². The number of ether oxygens (including phenoxy) is 2. The van der Waals surface area contributed by atoms with Crippen LogP contribution < -0.4 is 10.6 Å². The lowest BCUT2D eigenvalue weighted by Gasteiger charge is -2.35. The molecule has 0 aliphatic carbocycles. The molecule has 1 aliphatic rings. The van der Waals surface area contributed by atoms with Crippen LogP contribution in [0.5, 0.6) is 0 Å². The van der Waals surface area contributed by atoms with Crippen LogP contribution in [0.4, 0.5) is 21.0 Å². The molecule has 22 heavy (non-hydrogen) atoms. The first kappa shape index (κ1) is 16.1. The van der Waals surface area contributed by atoms with E-state index in [0.717, 1.165) is 0 Å². The Bertz CT molecular complexity index is 539. The number of rotatable bonds is 2. The molecular weight excluding hydrogens is 286 g/mol. The number of anilines is 2. The van der Waals surface area contributed by atoms with Gasteiger partial charge in [-0.05, 0) is 32.0 Å². The minimum Gasteiger partial charge on any atom is -0.453 e. The molecule has 2 atom stereocenters. The standard InChI is InChI=1S/C15H21N3O4/c1-10-8-18(9-11(2)22-10)14(19)16-12-5-4-6-13(7-12)17-15(20)21-3/h4-7,10-11H,8-9H2,1-3H3,(H,16,19)(H,17,20). The van der Waals surface area contributed by atoms with E-state index in [1.807, 2.05) is 13.8 Å². The lowest BCUT2D eigenvalue weighted by molar-refractivity contribution is -0.0530. The van der Waals surface area contributed by atoms with Gasteiger partial charge in [-0.1, -0.05) is 6.07 Å². The smallest absolute Gasteiger partial charge is 0.411 e. The average molecular weight is 307 g/mol. The van der Waals surface area contributed by atoms with E-state index in [4.69, 9.17) is 4.74 Å². The highest BCUT2D eigenvalue weighted by molar-refractivity contribution is 5.91. The Morgan fingerprint density at radius 2 is 1.77 bits per heavy atom. The summed E-state index contributed by atoms with van der Waals surface area (Å²) < 4.78 is 10.1. The van der Waals surface area contributed by atoms with E-state index in [2.05, 4.69) is 15.4 Å². The van der Waals surface area contributed by atoms with Gasteiger partial charge in [0.1, 0.15) is 0 Å². The number of morpholine rings is 1. The first-order valence-electron chi connectivity index (χ1n) is 7.14. The number of amides is 3. The largest absolute Gasteiger partial charge is 0.453 e. The van der Waals surface area contributed by atoms with Crippen LogP contribution in [-0.2, 0) is 9.47 Å². The van der Waals surface area contributed by atoms with Gasteiger partial charge in [0.15, 0.2) is 0 Å². The molecule has 1 aromatic rings. The fourth-order valence-electron chi connectivity index (χ4n) is 2.39. The van der Waals surface area contributed by atoms with Crippen molar-refractivity contribution in [3.8, 4) is 0 Å². The van der Waals surface area contributed by atoms with Gasteiger partial charge in [-0.25, -0.2) is 9.59 Å². The summed E-state index contributed by atoms with van der Waals surface area (Å²) in [5.74, 6) is 0. The highest BCUT2D eigenvalue weighted by atomic mass is 16.5. The van der Waals surface area contributed by atoms with Crippen LogP contribution >= 0.6 is 0 Å². The Morgan fingerprint density at radius 3 is 2.36 bits per heavy atom. The Morgan fingerprint density at radius 1 is 1.18 bits per heavy atom. The van der Waals surface area contributed by atoms with Crippen LogP contribution in [0.1, 0.15) is 13.8 Å². The van der Waals surface area contributed by atoms with E-state index in [9.17, 15) is 9.59 Å². The van der Waals surface area contributed by atoms with E-state index < -0.39 is 6.09 Å². The zero-order chi connectivity index (χ0) is 16.1. The zero-order valence-corrected chi connectivity index (χ0v) is 13.0. The monoisotopic (exact) mass is 307 g/mol. The average Bonchev–Trinajstić information content (AvgIpc) is 2.46. The van der Waals surface area contributed by atoms with Gasteiger partial charge in [0.25, 0.3) is 0 Å². The van der Waals surface area contributed by atoms with Crippen LogP contribution in [0.2, 0.25) is 0 Å². The van der Waals surface area contributed by atoms with Crippen molar-refractivity contribution >= 4 is 23.5 Å². The second-order valence-corrected chi connectivity index (χ2v) is 5.29. The summed E-state index contributed by atoms with van der Waals surface area (Å²) in [6, 6.07) is 6.70. The molecule has 2 rings (SSSR count). The molecule has 7 heteroatoms. The SMILES string of the molecule is COC(=O)Nc1cccc(NC(=O)N2CC(C)OC(C)C2)c1. The molecule has 0 spiro atoms. The molecule has 0 saturated carbocycles. The molecule has 0 radical (unpaired) electrons. The molecule has 1 saturated heterocycles. The molecule has 120 valence electrons. The number of hydrogen-bond acceptors (Lipinski definition) is 4. The maximum atomic E-state index is 12.3. The lowest BCUT2D eigenvalue weighted by atomic mass is 10.2. The van der Waals surface area contributed by atoms with Gasteiger partial charge in [-0.15, -0.1) is 0 Å². The fraction of sp³-hybridized carbons (Fsp3) is 0.467. The third kappa shape index (κ3) is 4.36. The molecular formula is C15H21N3O4. The van der Waals surface area contributed by atoms with Gasteiger partial charge in [0.2, 0.25) is 0 Å². The second-order valence-electron chi connectivity index (χ2n) is 5.29.